The molecule has 0 unspecified atom stereocenters. The SMILES string of the molecule is C1=Cc2ccccc2OO1.C1=Cc2ccccc2OO1.Cl. The Morgan fingerprint density at radius 1 is 0.571 bits per heavy atom. The minimum atomic E-state index is 0. The molecule has 0 atom stereocenters. The molecule has 5 heteroatoms. The Balaban J connectivity index is 0.000000147. The fourth-order valence-corrected chi connectivity index (χ4v) is 1.75. The van der Waals surface area contributed by atoms with E-state index in [4.69, 9.17) is 9.78 Å². The molecule has 0 amide bonds. The zero-order valence-electron chi connectivity index (χ0n) is 11.0. The maximum atomic E-state index is 4.84. The monoisotopic (exact) mass is 304 g/mol. The predicted molar refractivity (Wildman–Crippen MR) is 81.6 cm³/mol. The quantitative estimate of drug-likeness (QED) is 0.677. The molecule has 0 radical (unpaired) electrons. The van der Waals surface area contributed by atoms with E-state index in [0.29, 0.717) is 0 Å². The van der Waals surface area contributed by atoms with E-state index < -0.39 is 0 Å². The number of halogens is 1. The fraction of sp³-hybridized carbons (Fsp3) is 0. The topological polar surface area (TPSA) is 36.9 Å². The first-order valence-corrected chi connectivity index (χ1v) is 6.11. The van der Waals surface area contributed by atoms with Gasteiger partial charge in [-0.1, -0.05) is 36.4 Å². The van der Waals surface area contributed by atoms with Gasteiger partial charge in [-0.05, 0) is 24.3 Å². The van der Waals surface area contributed by atoms with Gasteiger partial charge in [-0.15, -0.1) is 12.4 Å². The molecule has 0 N–H and O–H groups in total. The molecule has 0 fully saturated rings. The molecule has 2 aromatic rings. The highest BCUT2D eigenvalue weighted by molar-refractivity contribution is 5.85. The van der Waals surface area contributed by atoms with Crippen molar-refractivity contribution < 1.29 is 19.6 Å². The van der Waals surface area contributed by atoms with E-state index in [1.165, 1.54) is 12.5 Å². The second-order valence-corrected chi connectivity index (χ2v) is 4.04. The van der Waals surface area contributed by atoms with Gasteiger partial charge in [0.2, 0.25) is 0 Å². The van der Waals surface area contributed by atoms with Crippen molar-refractivity contribution in [3.8, 4) is 11.5 Å². The molecule has 0 saturated carbocycles. The minimum Gasteiger partial charge on any atom is -0.298 e. The third kappa shape index (κ3) is 3.70. The van der Waals surface area contributed by atoms with E-state index in [1.807, 2.05) is 60.7 Å². The normalized spacial score (nSPS) is 12.6. The highest BCUT2D eigenvalue weighted by Crippen LogP contribution is 2.23. The van der Waals surface area contributed by atoms with Crippen molar-refractivity contribution in [1.82, 2.24) is 0 Å². The zero-order valence-corrected chi connectivity index (χ0v) is 11.8. The lowest BCUT2D eigenvalue weighted by Crippen LogP contribution is -1.96. The second kappa shape index (κ2) is 7.26. The zero-order chi connectivity index (χ0) is 13.6. The van der Waals surface area contributed by atoms with Gasteiger partial charge in [0.05, 0.1) is 0 Å². The maximum Gasteiger partial charge on any atom is 0.185 e. The predicted octanol–water partition coefficient (Wildman–Crippen LogP) is 4.38. The summed E-state index contributed by atoms with van der Waals surface area (Å²) in [6, 6.07) is 15.4. The number of benzene rings is 2. The highest BCUT2D eigenvalue weighted by Gasteiger charge is 2.04. The van der Waals surface area contributed by atoms with Crippen molar-refractivity contribution in [2.24, 2.45) is 0 Å². The van der Waals surface area contributed by atoms with Crippen LogP contribution in [0.1, 0.15) is 11.1 Å². The third-order valence-corrected chi connectivity index (χ3v) is 2.72. The summed E-state index contributed by atoms with van der Waals surface area (Å²) in [4.78, 5) is 18.9. The van der Waals surface area contributed by atoms with Crippen LogP contribution in [0.5, 0.6) is 11.5 Å². The van der Waals surface area contributed by atoms with Crippen LogP contribution in [-0.4, -0.2) is 0 Å². The first-order chi connectivity index (χ1) is 9.93. The van der Waals surface area contributed by atoms with Crippen LogP contribution in [0, 0.1) is 0 Å². The van der Waals surface area contributed by atoms with Crippen LogP contribution in [0.4, 0.5) is 0 Å². The van der Waals surface area contributed by atoms with E-state index in [2.05, 4.69) is 9.78 Å². The van der Waals surface area contributed by atoms with Gasteiger partial charge in [-0.3, -0.25) is 19.6 Å². The number of hydrogen-bond acceptors (Lipinski definition) is 4. The molecule has 2 aromatic carbocycles. The molecule has 0 saturated heterocycles. The van der Waals surface area contributed by atoms with E-state index in [1.54, 1.807) is 0 Å². The van der Waals surface area contributed by atoms with E-state index in [0.717, 1.165) is 22.6 Å². The van der Waals surface area contributed by atoms with Gasteiger partial charge in [0.25, 0.3) is 0 Å². The van der Waals surface area contributed by atoms with Crippen LogP contribution in [0.3, 0.4) is 0 Å². The van der Waals surface area contributed by atoms with Crippen LogP contribution in [0.15, 0.2) is 61.1 Å². The fourth-order valence-electron chi connectivity index (χ4n) is 1.75. The van der Waals surface area contributed by atoms with Gasteiger partial charge < -0.3 is 0 Å². The molecule has 4 rings (SSSR count). The molecule has 4 nitrogen and oxygen atoms in total. The van der Waals surface area contributed by atoms with Crippen LogP contribution >= 0.6 is 12.4 Å². The Morgan fingerprint density at radius 3 is 1.43 bits per heavy atom. The molecule has 2 aliphatic rings. The van der Waals surface area contributed by atoms with Crippen molar-refractivity contribution in [1.29, 1.82) is 0 Å². The summed E-state index contributed by atoms with van der Waals surface area (Å²) in [5, 5.41) is 0. The van der Waals surface area contributed by atoms with Crippen LogP contribution in [0.25, 0.3) is 12.2 Å². The Morgan fingerprint density at radius 2 is 1.00 bits per heavy atom. The van der Waals surface area contributed by atoms with Crippen molar-refractivity contribution in [3.05, 3.63) is 72.2 Å². The third-order valence-electron chi connectivity index (χ3n) is 2.72. The van der Waals surface area contributed by atoms with Crippen LogP contribution in [0.2, 0.25) is 0 Å². The Kier molecular flexibility index (Phi) is 5.12. The van der Waals surface area contributed by atoms with Crippen LogP contribution < -0.4 is 9.78 Å². The largest absolute Gasteiger partial charge is 0.298 e. The lowest BCUT2D eigenvalue weighted by Gasteiger charge is -2.08. The van der Waals surface area contributed by atoms with Gasteiger partial charge in [-0.2, -0.15) is 0 Å². The first-order valence-electron chi connectivity index (χ1n) is 6.11. The number of hydrogen-bond donors (Lipinski definition) is 0. The van der Waals surface area contributed by atoms with Crippen molar-refractivity contribution in [2.45, 2.75) is 0 Å². The molecule has 0 spiro atoms. The maximum absolute atomic E-state index is 4.84. The summed E-state index contributed by atoms with van der Waals surface area (Å²) in [5.74, 6) is 1.54. The van der Waals surface area contributed by atoms with Gasteiger partial charge in [0.1, 0.15) is 12.5 Å². The number of fused-ring (bicyclic) bond motifs is 2. The van der Waals surface area contributed by atoms with Gasteiger partial charge >= 0.3 is 0 Å². The summed E-state index contributed by atoms with van der Waals surface area (Å²) in [7, 11) is 0. The molecule has 0 aromatic heterocycles. The number of para-hydroxylation sites is 2. The van der Waals surface area contributed by atoms with Gasteiger partial charge in [0, 0.05) is 11.1 Å². The molecule has 0 aliphatic carbocycles. The summed E-state index contributed by atoms with van der Waals surface area (Å²) < 4.78 is 0. The molecule has 2 aliphatic heterocycles. The average molecular weight is 305 g/mol. The number of rotatable bonds is 0. The molecule has 108 valence electrons. The van der Waals surface area contributed by atoms with E-state index in [-0.39, 0.29) is 12.4 Å². The molecular weight excluding hydrogens is 292 g/mol. The first kappa shape index (κ1) is 14.8. The standard InChI is InChI=1S/2C8H6O2.ClH/c2*1-2-4-8-7(3-1)5-6-9-10-8;/h2*1-6H;1H. The van der Waals surface area contributed by atoms with E-state index in [9.17, 15) is 0 Å². The molecule has 21 heavy (non-hydrogen) atoms. The Labute approximate surface area is 128 Å². The highest BCUT2D eigenvalue weighted by atomic mass is 35.5. The summed E-state index contributed by atoms with van der Waals surface area (Å²) >= 11 is 0. The minimum absolute atomic E-state index is 0. The van der Waals surface area contributed by atoms with Crippen molar-refractivity contribution >= 4 is 24.6 Å². The molecule has 2 heterocycles. The van der Waals surface area contributed by atoms with Crippen molar-refractivity contribution in [3.63, 3.8) is 0 Å². The summed E-state index contributed by atoms with van der Waals surface area (Å²) in [6.07, 6.45) is 6.75. The summed E-state index contributed by atoms with van der Waals surface area (Å²) in [5.41, 5.74) is 2.10. The van der Waals surface area contributed by atoms with Gasteiger partial charge in [0.15, 0.2) is 11.5 Å². The lowest BCUT2D eigenvalue weighted by atomic mass is 10.2. The second-order valence-electron chi connectivity index (χ2n) is 4.04. The molecular formula is C16H13ClO4. The summed E-state index contributed by atoms with van der Waals surface area (Å²) in [6.45, 7) is 0. The Hall–Kier alpha value is -2.59. The molecule has 0 bridgehead atoms. The van der Waals surface area contributed by atoms with E-state index >= 15 is 0 Å². The Bertz CT molecular complexity index is 595. The van der Waals surface area contributed by atoms with Crippen LogP contribution in [-0.2, 0) is 9.78 Å². The lowest BCUT2D eigenvalue weighted by molar-refractivity contribution is -0.151. The smallest absolute Gasteiger partial charge is 0.185 e. The van der Waals surface area contributed by atoms with Gasteiger partial charge in [-0.25, -0.2) is 0 Å². The average Bonchev–Trinajstić information content (AvgIpc) is 2.56. The van der Waals surface area contributed by atoms with Crippen molar-refractivity contribution in [2.75, 3.05) is 0 Å².